The van der Waals surface area contributed by atoms with Crippen molar-refractivity contribution in [3.8, 4) is 28.6 Å². The lowest BCUT2D eigenvalue weighted by molar-refractivity contribution is 0.425. The number of hydrogen-bond donors (Lipinski definition) is 1. The fourth-order valence-corrected chi connectivity index (χ4v) is 1.99. The number of rotatable bonds is 2. The summed E-state index contributed by atoms with van der Waals surface area (Å²) < 4.78 is 18.0. The van der Waals surface area contributed by atoms with Gasteiger partial charge in [-0.25, -0.2) is 4.39 Å². The van der Waals surface area contributed by atoms with Gasteiger partial charge in [-0.15, -0.1) is 0 Å². The van der Waals surface area contributed by atoms with Gasteiger partial charge in [0.15, 0.2) is 0 Å². The Hall–Kier alpha value is -2.40. The maximum absolute atomic E-state index is 12.9. The standard InChI is InChI=1S/C14H8ClFN2O2/c15-11-4-2-1-3-9(11)13-17-14(20-18-13)10-6-5-8(16)7-12(10)19/h1-7,19H. The number of aromatic nitrogens is 2. The van der Waals surface area contributed by atoms with Crippen LogP contribution in [0.25, 0.3) is 22.8 Å². The molecular formula is C14H8ClFN2O2. The van der Waals surface area contributed by atoms with E-state index in [4.69, 9.17) is 16.1 Å². The van der Waals surface area contributed by atoms with E-state index in [1.165, 1.54) is 12.1 Å². The molecule has 2 aromatic carbocycles. The van der Waals surface area contributed by atoms with Crippen LogP contribution in [0.4, 0.5) is 4.39 Å². The minimum atomic E-state index is -0.544. The number of nitrogens with zero attached hydrogens (tertiary/aromatic N) is 2. The molecule has 0 saturated carbocycles. The molecule has 0 bridgehead atoms. The van der Waals surface area contributed by atoms with E-state index in [-0.39, 0.29) is 17.2 Å². The number of benzene rings is 2. The summed E-state index contributed by atoms with van der Waals surface area (Å²) in [6.45, 7) is 0. The van der Waals surface area contributed by atoms with Crippen LogP contribution in [0.15, 0.2) is 47.0 Å². The van der Waals surface area contributed by atoms with Crippen molar-refractivity contribution in [1.29, 1.82) is 0 Å². The second-order valence-electron chi connectivity index (χ2n) is 4.06. The highest BCUT2D eigenvalue weighted by Gasteiger charge is 2.15. The predicted octanol–water partition coefficient (Wildman–Crippen LogP) is 3.90. The van der Waals surface area contributed by atoms with Crippen molar-refractivity contribution < 1.29 is 14.0 Å². The van der Waals surface area contributed by atoms with Crippen LogP contribution in [-0.2, 0) is 0 Å². The number of phenolic OH excluding ortho intramolecular Hbond substituents is 1. The van der Waals surface area contributed by atoms with Gasteiger partial charge in [0.05, 0.1) is 10.6 Å². The third kappa shape index (κ3) is 2.23. The summed E-state index contributed by atoms with van der Waals surface area (Å²) in [7, 11) is 0. The highest BCUT2D eigenvalue weighted by molar-refractivity contribution is 6.33. The molecule has 4 nitrogen and oxygen atoms in total. The molecule has 3 rings (SSSR count). The monoisotopic (exact) mass is 290 g/mol. The second kappa shape index (κ2) is 4.94. The van der Waals surface area contributed by atoms with Crippen LogP contribution in [0.5, 0.6) is 5.75 Å². The van der Waals surface area contributed by atoms with Gasteiger partial charge in [0.25, 0.3) is 5.89 Å². The number of hydrogen-bond acceptors (Lipinski definition) is 4. The van der Waals surface area contributed by atoms with Gasteiger partial charge >= 0.3 is 0 Å². The topological polar surface area (TPSA) is 59.2 Å². The van der Waals surface area contributed by atoms with Gasteiger partial charge in [-0.2, -0.15) is 4.98 Å². The summed E-state index contributed by atoms with van der Waals surface area (Å²) >= 11 is 6.05. The molecular weight excluding hydrogens is 283 g/mol. The quantitative estimate of drug-likeness (QED) is 0.777. The first-order chi connectivity index (χ1) is 9.65. The summed E-state index contributed by atoms with van der Waals surface area (Å²) in [5.74, 6) is -0.414. The summed E-state index contributed by atoms with van der Waals surface area (Å²) in [5.41, 5.74) is 0.878. The highest BCUT2D eigenvalue weighted by Crippen LogP contribution is 2.31. The van der Waals surface area contributed by atoms with Crippen molar-refractivity contribution in [3.05, 3.63) is 53.3 Å². The summed E-state index contributed by atoms with van der Waals surface area (Å²) in [6.07, 6.45) is 0. The minimum Gasteiger partial charge on any atom is -0.507 e. The Balaban J connectivity index is 2.04. The zero-order valence-electron chi connectivity index (χ0n) is 10.0. The Kier molecular flexibility index (Phi) is 3.12. The lowest BCUT2D eigenvalue weighted by Crippen LogP contribution is -1.83. The molecule has 1 N–H and O–H groups in total. The Morgan fingerprint density at radius 3 is 2.65 bits per heavy atom. The molecule has 6 heteroatoms. The maximum atomic E-state index is 12.9. The third-order valence-corrected chi connectivity index (χ3v) is 3.06. The van der Waals surface area contributed by atoms with E-state index in [1.807, 2.05) is 0 Å². The van der Waals surface area contributed by atoms with E-state index >= 15 is 0 Å². The summed E-state index contributed by atoms with van der Waals surface area (Å²) in [6, 6.07) is 10.6. The molecule has 0 saturated heterocycles. The predicted molar refractivity (Wildman–Crippen MR) is 71.8 cm³/mol. The van der Waals surface area contributed by atoms with Crippen LogP contribution >= 0.6 is 11.6 Å². The van der Waals surface area contributed by atoms with Gasteiger partial charge < -0.3 is 9.63 Å². The van der Waals surface area contributed by atoms with Crippen LogP contribution in [0.3, 0.4) is 0 Å². The molecule has 0 atom stereocenters. The molecule has 0 aliphatic heterocycles. The van der Waals surface area contributed by atoms with Crippen molar-refractivity contribution in [2.24, 2.45) is 0 Å². The molecule has 1 aromatic heterocycles. The first-order valence-electron chi connectivity index (χ1n) is 5.72. The van der Waals surface area contributed by atoms with Gasteiger partial charge in [0.2, 0.25) is 5.82 Å². The SMILES string of the molecule is Oc1cc(F)ccc1-c1nc(-c2ccccc2Cl)no1. The first kappa shape index (κ1) is 12.6. The van der Waals surface area contributed by atoms with Gasteiger partial charge in [0.1, 0.15) is 11.6 Å². The van der Waals surface area contributed by atoms with Crippen LogP contribution in [0, 0.1) is 5.82 Å². The Morgan fingerprint density at radius 2 is 1.90 bits per heavy atom. The summed E-state index contributed by atoms with van der Waals surface area (Å²) in [5, 5.41) is 14.0. The number of halogens is 2. The van der Waals surface area contributed by atoms with Crippen LogP contribution in [0.1, 0.15) is 0 Å². The molecule has 0 amide bonds. The van der Waals surface area contributed by atoms with Crippen molar-refractivity contribution >= 4 is 11.6 Å². The van der Waals surface area contributed by atoms with Gasteiger partial charge in [0, 0.05) is 11.6 Å². The van der Waals surface area contributed by atoms with E-state index in [0.29, 0.717) is 16.4 Å². The zero-order valence-corrected chi connectivity index (χ0v) is 10.8. The third-order valence-electron chi connectivity index (χ3n) is 2.73. The Morgan fingerprint density at radius 1 is 1.10 bits per heavy atom. The fraction of sp³-hybridized carbons (Fsp3) is 0. The van der Waals surface area contributed by atoms with Crippen molar-refractivity contribution in [2.75, 3.05) is 0 Å². The van der Waals surface area contributed by atoms with E-state index < -0.39 is 5.82 Å². The Bertz CT molecular complexity index is 773. The maximum Gasteiger partial charge on any atom is 0.262 e. The van der Waals surface area contributed by atoms with E-state index in [9.17, 15) is 9.50 Å². The second-order valence-corrected chi connectivity index (χ2v) is 4.47. The van der Waals surface area contributed by atoms with Gasteiger partial charge in [-0.3, -0.25) is 0 Å². The molecule has 20 heavy (non-hydrogen) atoms. The van der Waals surface area contributed by atoms with E-state index in [0.717, 1.165) is 6.07 Å². The van der Waals surface area contributed by atoms with Crippen molar-refractivity contribution in [3.63, 3.8) is 0 Å². The van der Waals surface area contributed by atoms with E-state index in [2.05, 4.69) is 10.1 Å². The van der Waals surface area contributed by atoms with Crippen molar-refractivity contribution in [2.45, 2.75) is 0 Å². The molecule has 0 aliphatic rings. The Labute approximate surface area is 118 Å². The molecule has 0 spiro atoms. The molecule has 0 unspecified atom stereocenters. The van der Waals surface area contributed by atoms with Gasteiger partial charge in [-0.05, 0) is 24.3 Å². The summed E-state index contributed by atoms with van der Waals surface area (Å²) in [4.78, 5) is 4.16. The molecule has 3 aromatic rings. The average molecular weight is 291 g/mol. The molecule has 0 aliphatic carbocycles. The molecule has 100 valence electrons. The highest BCUT2D eigenvalue weighted by atomic mass is 35.5. The van der Waals surface area contributed by atoms with Crippen LogP contribution in [-0.4, -0.2) is 15.2 Å². The lowest BCUT2D eigenvalue weighted by atomic mass is 10.2. The molecule has 0 radical (unpaired) electrons. The smallest absolute Gasteiger partial charge is 0.262 e. The molecule has 1 heterocycles. The zero-order chi connectivity index (χ0) is 14.1. The number of aromatic hydroxyl groups is 1. The van der Waals surface area contributed by atoms with Crippen LogP contribution < -0.4 is 0 Å². The first-order valence-corrected chi connectivity index (χ1v) is 6.10. The van der Waals surface area contributed by atoms with Crippen LogP contribution in [0.2, 0.25) is 5.02 Å². The molecule has 0 fully saturated rings. The van der Waals surface area contributed by atoms with Gasteiger partial charge in [-0.1, -0.05) is 28.9 Å². The minimum absolute atomic E-state index is 0.0948. The van der Waals surface area contributed by atoms with E-state index in [1.54, 1.807) is 24.3 Å². The fourth-order valence-electron chi connectivity index (χ4n) is 1.77. The lowest BCUT2D eigenvalue weighted by Gasteiger charge is -1.98. The van der Waals surface area contributed by atoms with Crippen molar-refractivity contribution in [1.82, 2.24) is 10.1 Å². The largest absolute Gasteiger partial charge is 0.507 e. The normalized spacial score (nSPS) is 10.7. The average Bonchev–Trinajstić information content (AvgIpc) is 2.88. The number of phenols is 1.